The van der Waals surface area contributed by atoms with E-state index in [4.69, 9.17) is 4.42 Å². The fourth-order valence-corrected chi connectivity index (χ4v) is 2.22. The van der Waals surface area contributed by atoms with Gasteiger partial charge in [-0.05, 0) is 55.4 Å². The third kappa shape index (κ3) is 2.36. The Balaban J connectivity index is 2.27. The highest BCUT2D eigenvalue weighted by Gasteiger charge is 2.06. The molecule has 2 rings (SSSR count). The van der Waals surface area contributed by atoms with Crippen molar-refractivity contribution in [2.75, 3.05) is 0 Å². The van der Waals surface area contributed by atoms with Crippen LogP contribution in [0.5, 0.6) is 5.75 Å². The molecule has 0 bridgehead atoms. The van der Waals surface area contributed by atoms with Gasteiger partial charge in [-0.15, -0.1) is 0 Å². The van der Waals surface area contributed by atoms with E-state index in [1.807, 2.05) is 38.1 Å². The van der Waals surface area contributed by atoms with Crippen LogP contribution in [-0.2, 0) is 0 Å². The van der Waals surface area contributed by atoms with Gasteiger partial charge in [0.2, 0.25) is 0 Å². The molecule has 0 fully saturated rings. The molecule has 0 saturated heterocycles. The zero-order chi connectivity index (χ0) is 10.8. The van der Waals surface area contributed by atoms with Crippen LogP contribution < -0.4 is 0 Å². The Hall–Kier alpha value is -1.35. The van der Waals surface area contributed by atoms with Crippen LogP contribution in [0.25, 0.3) is 0 Å². The molecule has 0 unspecified atom stereocenters. The van der Waals surface area contributed by atoms with E-state index < -0.39 is 0 Å². The minimum Gasteiger partial charge on any atom is -0.507 e. The van der Waals surface area contributed by atoms with Gasteiger partial charge in [-0.1, -0.05) is 6.07 Å². The van der Waals surface area contributed by atoms with Crippen LogP contribution in [0.1, 0.15) is 11.3 Å². The maximum absolute atomic E-state index is 9.64. The van der Waals surface area contributed by atoms with Gasteiger partial charge in [0.1, 0.15) is 11.5 Å². The van der Waals surface area contributed by atoms with Crippen LogP contribution in [0.4, 0.5) is 0 Å². The number of rotatable bonds is 2. The molecule has 78 valence electrons. The normalized spacial score (nSPS) is 10.5. The third-order valence-electron chi connectivity index (χ3n) is 2.04. The first-order chi connectivity index (χ1) is 7.15. The van der Waals surface area contributed by atoms with E-state index >= 15 is 0 Å². The summed E-state index contributed by atoms with van der Waals surface area (Å²) in [6.45, 7) is 3.90. The molecule has 1 heterocycles. The van der Waals surface area contributed by atoms with Crippen molar-refractivity contribution in [3.8, 4) is 5.75 Å². The Bertz CT molecular complexity index is 474. The monoisotopic (exact) mass is 220 g/mol. The molecule has 0 spiro atoms. The van der Waals surface area contributed by atoms with Crippen LogP contribution in [-0.4, -0.2) is 5.11 Å². The van der Waals surface area contributed by atoms with Gasteiger partial charge < -0.3 is 9.52 Å². The Morgan fingerprint density at radius 2 is 1.93 bits per heavy atom. The highest BCUT2D eigenvalue weighted by atomic mass is 32.2. The van der Waals surface area contributed by atoms with Gasteiger partial charge in [-0.2, -0.15) is 0 Å². The van der Waals surface area contributed by atoms with Crippen LogP contribution in [0.15, 0.2) is 44.7 Å². The summed E-state index contributed by atoms with van der Waals surface area (Å²) in [5.74, 6) is 1.17. The summed E-state index contributed by atoms with van der Waals surface area (Å²) in [4.78, 5) is 0.823. The molecule has 0 amide bonds. The van der Waals surface area contributed by atoms with Gasteiger partial charge in [0, 0.05) is 0 Å². The average Bonchev–Trinajstić information content (AvgIpc) is 2.58. The molecule has 1 N–H and O–H groups in total. The van der Waals surface area contributed by atoms with Crippen LogP contribution in [0.3, 0.4) is 0 Å². The highest BCUT2D eigenvalue weighted by molar-refractivity contribution is 7.99. The number of phenols is 1. The summed E-state index contributed by atoms with van der Waals surface area (Å²) in [5, 5.41) is 10.4. The van der Waals surface area contributed by atoms with Gasteiger partial charge in [-0.3, -0.25) is 0 Å². The first kappa shape index (κ1) is 10.2. The molecule has 0 aliphatic heterocycles. The minimum atomic E-state index is 0.291. The lowest BCUT2D eigenvalue weighted by atomic mass is 10.2. The van der Waals surface area contributed by atoms with Crippen molar-refractivity contribution in [1.82, 2.24) is 0 Å². The number of phenolic OH excluding ortho intramolecular Hbond substituents is 1. The molecule has 2 aromatic rings. The molecule has 3 heteroatoms. The summed E-state index contributed by atoms with van der Waals surface area (Å²) < 4.78 is 5.43. The third-order valence-corrected chi connectivity index (χ3v) is 3.01. The van der Waals surface area contributed by atoms with Crippen LogP contribution in [0, 0.1) is 13.8 Å². The molecule has 1 aromatic carbocycles. The summed E-state index contributed by atoms with van der Waals surface area (Å²) >= 11 is 1.43. The van der Waals surface area contributed by atoms with Crippen LogP contribution >= 0.6 is 11.8 Å². The smallest absolute Gasteiger partial charge is 0.165 e. The molecular weight excluding hydrogens is 208 g/mol. The van der Waals surface area contributed by atoms with Gasteiger partial charge in [-0.25, -0.2) is 0 Å². The predicted octanol–water partition coefficient (Wildman–Crippen LogP) is 3.75. The van der Waals surface area contributed by atoms with E-state index in [1.54, 1.807) is 6.07 Å². The first-order valence-electron chi connectivity index (χ1n) is 4.69. The largest absolute Gasteiger partial charge is 0.507 e. The fourth-order valence-electron chi connectivity index (χ4n) is 1.28. The molecule has 2 nitrogen and oxygen atoms in total. The number of aryl methyl sites for hydroxylation is 2. The predicted molar refractivity (Wildman–Crippen MR) is 60.4 cm³/mol. The topological polar surface area (TPSA) is 33.4 Å². The molecular formula is C12H12O2S. The van der Waals surface area contributed by atoms with E-state index in [0.717, 1.165) is 21.3 Å². The molecule has 0 atom stereocenters. The maximum atomic E-state index is 9.64. The molecule has 0 aliphatic carbocycles. The van der Waals surface area contributed by atoms with Crippen molar-refractivity contribution in [3.05, 3.63) is 41.7 Å². The molecule has 15 heavy (non-hydrogen) atoms. The first-order valence-corrected chi connectivity index (χ1v) is 5.51. The van der Waals surface area contributed by atoms with E-state index in [2.05, 4.69) is 0 Å². The Labute approximate surface area is 92.9 Å². The summed E-state index contributed by atoms with van der Waals surface area (Å²) in [6.07, 6.45) is 0. The van der Waals surface area contributed by atoms with E-state index in [0.29, 0.717) is 5.75 Å². The summed E-state index contributed by atoms with van der Waals surface area (Å²) in [6, 6.07) is 9.34. The molecule has 1 aromatic heterocycles. The second kappa shape index (κ2) is 4.03. The zero-order valence-corrected chi connectivity index (χ0v) is 9.47. The van der Waals surface area contributed by atoms with Crippen molar-refractivity contribution in [2.24, 2.45) is 0 Å². The quantitative estimate of drug-likeness (QED) is 0.836. The lowest BCUT2D eigenvalue weighted by Gasteiger charge is -2.02. The van der Waals surface area contributed by atoms with E-state index in [9.17, 15) is 5.11 Å². The molecule has 0 saturated carbocycles. The summed E-state index contributed by atoms with van der Waals surface area (Å²) in [5.41, 5.74) is 1.12. The van der Waals surface area contributed by atoms with Gasteiger partial charge >= 0.3 is 0 Å². The Morgan fingerprint density at radius 1 is 1.13 bits per heavy atom. The van der Waals surface area contributed by atoms with Crippen molar-refractivity contribution < 1.29 is 9.52 Å². The number of furan rings is 1. The lowest BCUT2D eigenvalue weighted by Crippen LogP contribution is -1.76. The second-order valence-electron chi connectivity index (χ2n) is 3.44. The maximum Gasteiger partial charge on any atom is 0.165 e. The number of hydrogen-bond donors (Lipinski definition) is 1. The van der Waals surface area contributed by atoms with Crippen LogP contribution in [0.2, 0.25) is 0 Å². The SMILES string of the molecule is Cc1ccc(O)c(Sc2ccc(C)o2)c1. The van der Waals surface area contributed by atoms with Gasteiger partial charge in [0.05, 0.1) is 4.90 Å². The van der Waals surface area contributed by atoms with Gasteiger partial charge in [0.25, 0.3) is 0 Å². The number of aromatic hydroxyl groups is 1. The fraction of sp³-hybridized carbons (Fsp3) is 0.167. The zero-order valence-electron chi connectivity index (χ0n) is 8.65. The molecule has 0 aliphatic rings. The Kier molecular flexibility index (Phi) is 2.73. The molecule has 0 radical (unpaired) electrons. The van der Waals surface area contributed by atoms with Crippen molar-refractivity contribution in [2.45, 2.75) is 23.8 Å². The average molecular weight is 220 g/mol. The van der Waals surface area contributed by atoms with Crippen molar-refractivity contribution >= 4 is 11.8 Å². The minimum absolute atomic E-state index is 0.291. The summed E-state index contributed by atoms with van der Waals surface area (Å²) in [7, 11) is 0. The van der Waals surface area contributed by atoms with Crippen molar-refractivity contribution in [3.63, 3.8) is 0 Å². The van der Waals surface area contributed by atoms with E-state index in [-0.39, 0.29) is 0 Å². The van der Waals surface area contributed by atoms with Gasteiger partial charge in [0.15, 0.2) is 5.09 Å². The van der Waals surface area contributed by atoms with Crippen molar-refractivity contribution in [1.29, 1.82) is 0 Å². The standard InChI is InChI=1S/C12H12O2S/c1-8-3-5-10(13)11(7-8)15-12-6-4-9(2)14-12/h3-7,13H,1-2H3. The lowest BCUT2D eigenvalue weighted by molar-refractivity contribution is 0.445. The second-order valence-corrected chi connectivity index (χ2v) is 4.48. The number of hydrogen-bond acceptors (Lipinski definition) is 3. The number of benzene rings is 1. The Morgan fingerprint density at radius 3 is 2.60 bits per heavy atom. The van der Waals surface area contributed by atoms with E-state index in [1.165, 1.54) is 11.8 Å². The highest BCUT2D eigenvalue weighted by Crippen LogP contribution is 2.35.